The minimum atomic E-state index is -0.937. The van der Waals surface area contributed by atoms with Gasteiger partial charge in [-0.3, -0.25) is 0 Å². The molecule has 1 N–H and O–H groups in total. The van der Waals surface area contributed by atoms with Crippen LogP contribution in [-0.4, -0.2) is 23.1 Å². The van der Waals surface area contributed by atoms with Crippen molar-refractivity contribution >= 4 is 11.8 Å². The molecule has 0 aliphatic rings. The zero-order valence-corrected chi connectivity index (χ0v) is 11.0. The number of pyridine rings is 1. The molecule has 1 aromatic heterocycles. The highest BCUT2D eigenvalue weighted by Crippen LogP contribution is 2.16. The van der Waals surface area contributed by atoms with Gasteiger partial charge in [0.05, 0.1) is 5.56 Å². The molecule has 98 valence electrons. The number of aromatic carboxylic acids is 1. The van der Waals surface area contributed by atoms with Gasteiger partial charge in [-0.15, -0.1) is 0 Å². The Bertz CT molecular complexity index is 596. The van der Waals surface area contributed by atoms with Gasteiger partial charge in [0.2, 0.25) is 0 Å². The van der Waals surface area contributed by atoms with Gasteiger partial charge in [-0.1, -0.05) is 24.3 Å². The summed E-state index contributed by atoms with van der Waals surface area (Å²) in [6, 6.07) is 11.2. The standard InChI is InChI=1S/C15H16N2O2/c1-11-5-3-4-6-13(11)10-17(2)14-9-12(15(18)19)7-8-16-14/h3-9H,10H2,1-2H3,(H,18,19). The second-order valence-electron chi connectivity index (χ2n) is 4.49. The highest BCUT2D eigenvalue weighted by atomic mass is 16.4. The van der Waals surface area contributed by atoms with Gasteiger partial charge in [-0.2, -0.15) is 0 Å². The molecule has 0 bridgehead atoms. The first kappa shape index (κ1) is 13.1. The molecule has 2 rings (SSSR count). The number of hydrogen-bond donors (Lipinski definition) is 1. The number of anilines is 1. The van der Waals surface area contributed by atoms with Crippen molar-refractivity contribution in [3.63, 3.8) is 0 Å². The molecule has 0 amide bonds. The van der Waals surface area contributed by atoms with E-state index in [9.17, 15) is 4.79 Å². The number of carbonyl (C=O) groups is 1. The van der Waals surface area contributed by atoms with Crippen LogP contribution in [0.25, 0.3) is 0 Å². The third kappa shape index (κ3) is 3.10. The SMILES string of the molecule is Cc1ccccc1CN(C)c1cc(C(=O)O)ccn1. The fourth-order valence-electron chi connectivity index (χ4n) is 1.88. The molecule has 0 atom stereocenters. The maximum Gasteiger partial charge on any atom is 0.335 e. The molecule has 0 spiro atoms. The lowest BCUT2D eigenvalue weighted by Crippen LogP contribution is -2.18. The Kier molecular flexibility index (Phi) is 3.80. The summed E-state index contributed by atoms with van der Waals surface area (Å²) in [6.07, 6.45) is 1.52. The Balaban J connectivity index is 2.20. The Morgan fingerprint density at radius 1 is 1.32 bits per heavy atom. The van der Waals surface area contributed by atoms with Gasteiger partial charge in [0.1, 0.15) is 5.82 Å². The second-order valence-corrected chi connectivity index (χ2v) is 4.49. The van der Waals surface area contributed by atoms with Crippen LogP contribution < -0.4 is 4.90 Å². The molecule has 0 fully saturated rings. The van der Waals surface area contributed by atoms with Crippen molar-refractivity contribution in [2.45, 2.75) is 13.5 Å². The van der Waals surface area contributed by atoms with Crippen LogP contribution in [0.15, 0.2) is 42.6 Å². The van der Waals surface area contributed by atoms with E-state index in [1.54, 1.807) is 6.07 Å². The van der Waals surface area contributed by atoms with Crippen LogP contribution in [0.1, 0.15) is 21.5 Å². The number of carboxylic acids is 1. The van der Waals surface area contributed by atoms with Crippen LogP contribution >= 0.6 is 0 Å². The van der Waals surface area contributed by atoms with E-state index in [1.165, 1.54) is 23.4 Å². The minimum Gasteiger partial charge on any atom is -0.478 e. The Labute approximate surface area is 112 Å². The Morgan fingerprint density at radius 3 is 2.74 bits per heavy atom. The van der Waals surface area contributed by atoms with Gasteiger partial charge in [0, 0.05) is 19.8 Å². The smallest absolute Gasteiger partial charge is 0.335 e. The third-order valence-corrected chi connectivity index (χ3v) is 3.05. The molecule has 2 aromatic rings. The summed E-state index contributed by atoms with van der Waals surface area (Å²) in [4.78, 5) is 17.1. The average Bonchev–Trinajstić information content (AvgIpc) is 2.41. The van der Waals surface area contributed by atoms with Crippen molar-refractivity contribution < 1.29 is 9.90 Å². The Hall–Kier alpha value is -2.36. The molecular formula is C15H16N2O2. The van der Waals surface area contributed by atoms with Crippen molar-refractivity contribution in [3.8, 4) is 0 Å². The lowest BCUT2D eigenvalue weighted by atomic mass is 10.1. The second kappa shape index (κ2) is 5.52. The maximum atomic E-state index is 10.9. The molecule has 0 aliphatic heterocycles. The average molecular weight is 256 g/mol. The first-order valence-corrected chi connectivity index (χ1v) is 6.03. The summed E-state index contributed by atoms with van der Waals surface area (Å²) >= 11 is 0. The van der Waals surface area contributed by atoms with Gasteiger partial charge in [0.15, 0.2) is 0 Å². The number of benzene rings is 1. The lowest BCUT2D eigenvalue weighted by Gasteiger charge is -2.19. The van der Waals surface area contributed by atoms with E-state index in [0.717, 1.165) is 0 Å². The van der Waals surface area contributed by atoms with E-state index in [4.69, 9.17) is 5.11 Å². The van der Waals surface area contributed by atoms with E-state index in [0.29, 0.717) is 12.4 Å². The highest BCUT2D eigenvalue weighted by Gasteiger charge is 2.09. The molecular weight excluding hydrogens is 240 g/mol. The number of hydrogen-bond acceptors (Lipinski definition) is 3. The largest absolute Gasteiger partial charge is 0.478 e. The van der Waals surface area contributed by atoms with Crippen LogP contribution in [0.3, 0.4) is 0 Å². The molecule has 19 heavy (non-hydrogen) atoms. The van der Waals surface area contributed by atoms with Crippen LogP contribution in [0.5, 0.6) is 0 Å². The molecule has 4 heteroatoms. The van der Waals surface area contributed by atoms with Crippen molar-refractivity contribution in [3.05, 3.63) is 59.3 Å². The van der Waals surface area contributed by atoms with Crippen molar-refractivity contribution in [2.75, 3.05) is 11.9 Å². The molecule has 0 saturated heterocycles. The van der Waals surface area contributed by atoms with Crippen LogP contribution in [0, 0.1) is 6.92 Å². The van der Waals surface area contributed by atoms with Crippen molar-refractivity contribution in [2.24, 2.45) is 0 Å². The molecule has 1 heterocycles. The van der Waals surface area contributed by atoms with Crippen LogP contribution in [0.2, 0.25) is 0 Å². The van der Waals surface area contributed by atoms with Crippen molar-refractivity contribution in [1.29, 1.82) is 0 Å². The number of aromatic nitrogens is 1. The van der Waals surface area contributed by atoms with E-state index in [1.807, 2.05) is 24.1 Å². The summed E-state index contributed by atoms with van der Waals surface area (Å²) < 4.78 is 0. The van der Waals surface area contributed by atoms with E-state index in [-0.39, 0.29) is 5.56 Å². The predicted molar refractivity (Wildman–Crippen MR) is 74.5 cm³/mol. The Morgan fingerprint density at radius 2 is 2.05 bits per heavy atom. The minimum absolute atomic E-state index is 0.252. The van der Waals surface area contributed by atoms with Gasteiger partial charge in [-0.25, -0.2) is 9.78 Å². The van der Waals surface area contributed by atoms with E-state index < -0.39 is 5.97 Å². The first-order chi connectivity index (χ1) is 9.08. The topological polar surface area (TPSA) is 53.4 Å². The maximum absolute atomic E-state index is 10.9. The molecule has 1 aromatic carbocycles. The van der Waals surface area contributed by atoms with Crippen molar-refractivity contribution in [1.82, 2.24) is 4.98 Å². The summed E-state index contributed by atoms with van der Waals surface area (Å²) in [6.45, 7) is 2.76. The first-order valence-electron chi connectivity index (χ1n) is 6.03. The van der Waals surface area contributed by atoms with Crippen LogP contribution in [-0.2, 0) is 6.54 Å². The fourth-order valence-corrected chi connectivity index (χ4v) is 1.88. The molecule has 0 saturated carbocycles. The molecule has 0 aliphatic carbocycles. The monoisotopic (exact) mass is 256 g/mol. The normalized spacial score (nSPS) is 10.2. The van der Waals surface area contributed by atoms with Gasteiger partial charge in [-0.05, 0) is 30.2 Å². The number of carboxylic acid groups (broad SMARTS) is 1. The van der Waals surface area contributed by atoms with E-state index >= 15 is 0 Å². The van der Waals surface area contributed by atoms with E-state index in [2.05, 4.69) is 24.0 Å². The van der Waals surface area contributed by atoms with Gasteiger partial charge in [0.25, 0.3) is 0 Å². The third-order valence-electron chi connectivity index (χ3n) is 3.05. The summed E-state index contributed by atoms with van der Waals surface area (Å²) in [5.41, 5.74) is 2.66. The summed E-state index contributed by atoms with van der Waals surface area (Å²) in [5.74, 6) is -0.281. The molecule has 4 nitrogen and oxygen atoms in total. The van der Waals surface area contributed by atoms with Gasteiger partial charge < -0.3 is 10.0 Å². The summed E-state index contributed by atoms with van der Waals surface area (Å²) in [5, 5.41) is 8.98. The predicted octanol–water partition coefficient (Wildman–Crippen LogP) is 2.72. The zero-order valence-electron chi connectivity index (χ0n) is 11.0. The number of rotatable bonds is 4. The fraction of sp³-hybridized carbons (Fsp3) is 0.200. The molecule has 0 unspecified atom stereocenters. The van der Waals surface area contributed by atoms with Crippen LogP contribution in [0.4, 0.5) is 5.82 Å². The highest BCUT2D eigenvalue weighted by molar-refractivity contribution is 5.88. The quantitative estimate of drug-likeness (QED) is 0.913. The number of aryl methyl sites for hydroxylation is 1. The lowest BCUT2D eigenvalue weighted by molar-refractivity contribution is 0.0697. The number of nitrogens with zero attached hydrogens (tertiary/aromatic N) is 2. The zero-order chi connectivity index (χ0) is 13.8. The summed E-state index contributed by atoms with van der Waals surface area (Å²) in [7, 11) is 1.90. The van der Waals surface area contributed by atoms with Gasteiger partial charge >= 0.3 is 5.97 Å². The molecule has 0 radical (unpaired) electrons.